The third-order valence-electron chi connectivity index (χ3n) is 6.48. The molecular formula is C23H35N7O8S. The molecular weight excluding hydrogens is 534 g/mol. The molecule has 1 aliphatic rings. The van der Waals surface area contributed by atoms with E-state index in [0.717, 1.165) is 11.8 Å². The predicted octanol–water partition coefficient (Wildman–Crippen LogP) is -3.18. The summed E-state index contributed by atoms with van der Waals surface area (Å²) in [6.07, 6.45) is -1.35. The molecule has 2 heterocycles. The topological polar surface area (TPSA) is 232 Å². The van der Waals surface area contributed by atoms with Crippen LogP contribution in [0.15, 0.2) is 40.5 Å². The highest BCUT2D eigenvalue weighted by atomic mass is 32.2. The average molecular weight is 570 g/mol. The molecule has 0 saturated carbocycles. The molecule has 1 fully saturated rings. The lowest BCUT2D eigenvalue weighted by atomic mass is 9.88. The van der Waals surface area contributed by atoms with Crippen molar-refractivity contribution in [2.45, 2.75) is 68.2 Å². The van der Waals surface area contributed by atoms with Crippen LogP contribution in [0.5, 0.6) is 0 Å². The number of carbonyl (C=O) groups is 1. The number of rotatable bonds is 12. The number of hydrogen-bond donors (Lipinski definition) is 8. The number of nitrogens with zero attached hydrogens (tertiary/aromatic N) is 4. The maximum atomic E-state index is 12.9. The van der Waals surface area contributed by atoms with Crippen molar-refractivity contribution in [3.05, 3.63) is 41.7 Å². The number of carbonyl (C=O) groups excluding carboxylic acids is 1. The van der Waals surface area contributed by atoms with Gasteiger partial charge in [0.15, 0.2) is 5.60 Å². The Morgan fingerprint density at radius 2 is 1.87 bits per heavy atom. The molecule has 3 rings (SSSR count). The Bertz CT molecular complexity index is 1250. The Kier molecular flexibility index (Phi) is 9.89. The second kappa shape index (κ2) is 12.6. The van der Waals surface area contributed by atoms with Gasteiger partial charge in [0.1, 0.15) is 5.69 Å². The van der Waals surface area contributed by atoms with Crippen LogP contribution in [0.3, 0.4) is 0 Å². The van der Waals surface area contributed by atoms with Crippen molar-refractivity contribution >= 4 is 22.1 Å². The highest BCUT2D eigenvalue weighted by molar-refractivity contribution is 7.89. The van der Waals surface area contributed by atoms with Crippen LogP contribution < -0.4 is 15.5 Å². The molecule has 0 bridgehead atoms. The van der Waals surface area contributed by atoms with Crippen molar-refractivity contribution in [1.82, 2.24) is 30.5 Å². The van der Waals surface area contributed by atoms with Crippen LogP contribution in [0, 0.1) is 12.8 Å². The molecule has 6 atom stereocenters. The van der Waals surface area contributed by atoms with Gasteiger partial charge in [-0.05, 0) is 25.0 Å². The Morgan fingerprint density at radius 1 is 1.23 bits per heavy atom. The second-order valence-corrected chi connectivity index (χ2v) is 11.6. The van der Waals surface area contributed by atoms with Crippen LogP contribution >= 0.6 is 0 Å². The minimum absolute atomic E-state index is 0.0716. The van der Waals surface area contributed by atoms with E-state index in [-0.39, 0.29) is 23.7 Å². The molecule has 1 aromatic carbocycles. The summed E-state index contributed by atoms with van der Waals surface area (Å²) in [5.41, 5.74) is 0.572. The zero-order chi connectivity index (χ0) is 29.0. The maximum absolute atomic E-state index is 12.9. The number of hydrazone groups is 1. The molecule has 1 aromatic heterocycles. The van der Waals surface area contributed by atoms with Gasteiger partial charge in [0.05, 0.1) is 67.4 Å². The number of aliphatic hydroxyl groups is 5. The van der Waals surface area contributed by atoms with E-state index in [0.29, 0.717) is 0 Å². The number of aromatic nitrogens is 3. The fourth-order valence-electron chi connectivity index (χ4n) is 4.06. The first kappa shape index (κ1) is 30.7. The fraction of sp³-hybridized carbons (Fsp3) is 0.565. The molecule has 0 radical (unpaired) electrons. The molecule has 2 unspecified atom stereocenters. The number of sulfonamides is 1. The first-order valence-electron chi connectivity index (χ1n) is 12.2. The molecule has 8 N–H and O–H groups in total. The standard InChI is InChI=1S/C23H35N7O8S/c1-13(2)21(34)23(36,12-25-39(37,38)16-6-4-14(3)5-7-16)22(35)28-24-8-15-9-30(29-27-15)10-17-19(32)20(33)18(11-31)26-17/h4-9,13,17-21,25-26,31-34,36H,10-12H2,1-3H3,(H,28,35)/b24-8+/t17-,18-,19-,20-,21?,23?/m1/s1. The largest absolute Gasteiger partial charge is 0.395 e. The van der Waals surface area contributed by atoms with Crippen molar-refractivity contribution in [1.29, 1.82) is 0 Å². The monoisotopic (exact) mass is 569 g/mol. The van der Waals surface area contributed by atoms with E-state index >= 15 is 0 Å². The van der Waals surface area contributed by atoms with Gasteiger partial charge >= 0.3 is 0 Å². The van der Waals surface area contributed by atoms with E-state index in [4.69, 9.17) is 0 Å². The van der Waals surface area contributed by atoms with Gasteiger partial charge in [0.2, 0.25) is 10.0 Å². The molecule has 39 heavy (non-hydrogen) atoms. The van der Waals surface area contributed by atoms with E-state index in [2.05, 4.69) is 30.9 Å². The predicted molar refractivity (Wildman–Crippen MR) is 138 cm³/mol. The van der Waals surface area contributed by atoms with E-state index in [1.807, 2.05) is 0 Å². The van der Waals surface area contributed by atoms with E-state index < -0.39 is 64.4 Å². The first-order valence-corrected chi connectivity index (χ1v) is 13.7. The van der Waals surface area contributed by atoms with Crippen LogP contribution in [0.25, 0.3) is 0 Å². The highest BCUT2D eigenvalue weighted by Crippen LogP contribution is 2.20. The first-order chi connectivity index (χ1) is 18.3. The Morgan fingerprint density at radius 3 is 2.46 bits per heavy atom. The van der Waals surface area contributed by atoms with Crippen LogP contribution in [0.4, 0.5) is 0 Å². The molecule has 0 spiro atoms. The summed E-state index contributed by atoms with van der Waals surface area (Å²) in [5, 5.41) is 65.3. The van der Waals surface area contributed by atoms with Gasteiger partial charge in [-0.3, -0.25) is 9.48 Å². The lowest BCUT2D eigenvalue weighted by Gasteiger charge is -2.33. The number of nitrogens with one attached hydrogen (secondary N) is 3. The molecule has 2 aromatic rings. The summed E-state index contributed by atoms with van der Waals surface area (Å²) in [6.45, 7) is 3.84. The van der Waals surface area contributed by atoms with Crippen molar-refractivity contribution < 1.29 is 38.7 Å². The van der Waals surface area contributed by atoms with Gasteiger partial charge < -0.3 is 30.8 Å². The SMILES string of the molecule is Cc1ccc(S(=O)(=O)NCC(O)(C(=O)N/N=C/c2cn(C[C@H]3N[C@H](CO)[C@@H](O)[C@@H]3O)nn2)C(O)C(C)C)cc1. The van der Waals surface area contributed by atoms with Gasteiger partial charge in [-0.1, -0.05) is 36.8 Å². The van der Waals surface area contributed by atoms with Gasteiger partial charge in [-0.15, -0.1) is 5.10 Å². The Balaban J connectivity index is 1.65. The van der Waals surface area contributed by atoms with Gasteiger partial charge in [-0.2, -0.15) is 5.10 Å². The summed E-state index contributed by atoms with van der Waals surface area (Å²) >= 11 is 0. The van der Waals surface area contributed by atoms with Crippen molar-refractivity contribution in [2.24, 2.45) is 11.0 Å². The van der Waals surface area contributed by atoms with Gasteiger partial charge in [-0.25, -0.2) is 18.6 Å². The maximum Gasteiger partial charge on any atom is 0.276 e. The lowest BCUT2D eigenvalue weighted by molar-refractivity contribution is -0.155. The molecule has 1 aliphatic heterocycles. The zero-order valence-corrected chi connectivity index (χ0v) is 22.5. The summed E-state index contributed by atoms with van der Waals surface area (Å²) in [6, 6.07) is 4.69. The number of benzene rings is 1. The van der Waals surface area contributed by atoms with Crippen LogP contribution in [0.1, 0.15) is 25.1 Å². The molecule has 16 heteroatoms. The lowest BCUT2D eigenvalue weighted by Crippen LogP contribution is -2.61. The third-order valence-corrected chi connectivity index (χ3v) is 7.90. The van der Waals surface area contributed by atoms with E-state index in [1.54, 1.807) is 32.9 Å². The molecule has 15 nitrogen and oxygen atoms in total. The van der Waals surface area contributed by atoms with Crippen LogP contribution in [0.2, 0.25) is 0 Å². The second-order valence-electron chi connectivity index (χ2n) is 9.86. The van der Waals surface area contributed by atoms with Crippen molar-refractivity contribution in [3.8, 4) is 0 Å². The number of amides is 1. The van der Waals surface area contributed by atoms with Crippen molar-refractivity contribution in [3.63, 3.8) is 0 Å². The fourth-order valence-corrected chi connectivity index (χ4v) is 5.13. The summed E-state index contributed by atoms with van der Waals surface area (Å²) < 4.78 is 28.9. The quantitative estimate of drug-likeness (QED) is 0.0937. The smallest absolute Gasteiger partial charge is 0.276 e. The molecule has 0 aliphatic carbocycles. The van der Waals surface area contributed by atoms with Gasteiger partial charge in [0, 0.05) is 0 Å². The van der Waals surface area contributed by atoms with Crippen LogP contribution in [-0.4, -0.2) is 110 Å². The number of aryl methyl sites for hydroxylation is 1. The summed E-state index contributed by atoms with van der Waals surface area (Å²) in [5.74, 6) is -1.77. The average Bonchev–Trinajstić information content (AvgIpc) is 3.46. The van der Waals surface area contributed by atoms with Gasteiger partial charge in [0.25, 0.3) is 5.91 Å². The molecule has 216 valence electrons. The minimum atomic E-state index is -4.10. The zero-order valence-electron chi connectivity index (χ0n) is 21.7. The number of aliphatic hydroxyl groups excluding tert-OH is 4. The summed E-state index contributed by atoms with van der Waals surface area (Å²) in [7, 11) is -4.10. The third kappa shape index (κ3) is 7.23. The molecule has 1 amide bonds. The highest BCUT2D eigenvalue weighted by Gasteiger charge is 2.46. The van der Waals surface area contributed by atoms with E-state index in [9.17, 15) is 38.7 Å². The number of hydrogen-bond acceptors (Lipinski definition) is 12. The van der Waals surface area contributed by atoms with Crippen molar-refractivity contribution in [2.75, 3.05) is 13.2 Å². The Labute approximate surface area is 225 Å². The summed E-state index contributed by atoms with van der Waals surface area (Å²) in [4.78, 5) is 12.8. The van der Waals surface area contributed by atoms with Crippen LogP contribution in [-0.2, 0) is 21.4 Å². The molecule has 1 saturated heterocycles. The minimum Gasteiger partial charge on any atom is -0.395 e. The Hall–Kier alpha value is -2.83. The van der Waals surface area contributed by atoms with E-state index in [1.165, 1.54) is 23.0 Å². The normalized spacial score (nSPS) is 24.2.